The van der Waals surface area contributed by atoms with Crippen molar-refractivity contribution >= 4 is 40.4 Å². The lowest BCUT2D eigenvalue weighted by Crippen LogP contribution is -2.38. The molecule has 1 aliphatic rings. The van der Waals surface area contributed by atoms with Crippen LogP contribution in [-0.2, 0) is 25.3 Å². The first kappa shape index (κ1) is 34.8. The van der Waals surface area contributed by atoms with Crippen molar-refractivity contribution in [2.45, 2.75) is 51.5 Å². The highest BCUT2D eigenvalue weighted by atomic mass is 35.5. The number of aryl methyl sites for hydroxylation is 2. The Morgan fingerprint density at radius 3 is 2.52 bits per heavy atom. The Hall–Kier alpha value is -5.01. The minimum atomic E-state index is -3.04. The van der Waals surface area contributed by atoms with Crippen molar-refractivity contribution in [2.75, 3.05) is 19.0 Å². The van der Waals surface area contributed by atoms with E-state index >= 15 is 0 Å². The Kier molecular flexibility index (Phi) is 10.1. The van der Waals surface area contributed by atoms with Crippen LogP contribution in [0.4, 0.5) is 20.3 Å². The second-order valence-electron chi connectivity index (χ2n) is 12.2. The number of methoxy groups -OCH3 is 1. The third kappa shape index (κ3) is 6.38. The molecule has 11 nitrogen and oxygen atoms in total. The maximum atomic E-state index is 13.9. The van der Waals surface area contributed by atoms with Crippen molar-refractivity contribution in [3.63, 3.8) is 0 Å². The highest BCUT2D eigenvalue weighted by Crippen LogP contribution is 2.43. The van der Waals surface area contributed by atoms with Gasteiger partial charge in [0.2, 0.25) is 5.88 Å². The molecule has 3 heterocycles. The van der Waals surface area contributed by atoms with Gasteiger partial charge >= 0.3 is 5.69 Å². The number of benzene rings is 2. The van der Waals surface area contributed by atoms with Crippen LogP contribution in [0.15, 0.2) is 52.1 Å². The van der Waals surface area contributed by atoms with Gasteiger partial charge in [-0.1, -0.05) is 41.9 Å². The fourth-order valence-electron chi connectivity index (χ4n) is 6.52. The first-order valence-electron chi connectivity index (χ1n) is 16.2. The van der Waals surface area contributed by atoms with Crippen molar-refractivity contribution < 1.29 is 18.3 Å². The summed E-state index contributed by atoms with van der Waals surface area (Å²) in [5, 5.41) is 7.01. The highest BCUT2D eigenvalue weighted by molar-refractivity contribution is 6.36. The van der Waals surface area contributed by atoms with E-state index in [1.165, 1.54) is 14.1 Å². The molecule has 1 atom stereocenters. The van der Waals surface area contributed by atoms with Crippen LogP contribution in [0.25, 0.3) is 33.4 Å². The summed E-state index contributed by atoms with van der Waals surface area (Å²) in [5.41, 5.74) is 4.58. The molecule has 260 valence electrons. The molecule has 1 unspecified atom stereocenters. The van der Waals surface area contributed by atoms with E-state index in [9.17, 15) is 23.2 Å². The van der Waals surface area contributed by atoms with Crippen LogP contribution in [0, 0.1) is 6.92 Å². The van der Waals surface area contributed by atoms with Gasteiger partial charge < -0.3 is 20.2 Å². The second kappa shape index (κ2) is 14.5. The number of ether oxygens (including phenoxy) is 1. The zero-order valence-corrected chi connectivity index (χ0v) is 28.8. The summed E-state index contributed by atoms with van der Waals surface area (Å²) in [6.45, 7) is 2.63. The van der Waals surface area contributed by atoms with Gasteiger partial charge in [-0.15, -0.1) is 0 Å². The summed E-state index contributed by atoms with van der Waals surface area (Å²) >= 11 is 7.13. The van der Waals surface area contributed by atoms with Crippen molar-refractivity contribution in [2.24, 2.45) is 14.1 Å². The zero-order valence-electron chi connectivity index (χ0n) is 28.0. The van der Waals surface area contributed by atoms with Crippen LogP contribution in [0.1, 0.15) is 60.7 Å². The van der Waals surface area contributed by atoms with Crippen LogP contribution in [0.3, 0.4) is 0 Å². The Bertz CT molecular complexity index is 2240. The lowest BCUT2D eigenvalue weighted by atomic mass is 9.96. The number of rotatable bonds is 12. The number of alkyl halides is 2. The Balaban J connectivity index is 1.37. The SMILES string of the molecule is COc1nc(-c2cccc(-c3cccc(Nc4nc(C(F)F)nc5c4c(=O)n(C)c(=O)n5C)c3C)c2Cl)cc2c1C(NCCCCC=O)CC2. The standard InChI is InChI=1S/C36H36ClF2N7O4/c1-19-21(10-9-13-24(19)41-31-28-33(44-32(43-31)30(38)39)45(2)36(49)46(3)35(28)48)22-11-8-12-23(29(22)37)26-18-20-14-15-25(27(20)34(42-26)50-4)40-16-6-5-7-17-47/h8-13,17-18,25,30,40H,5-7,14-16H2,1-4H3,(H,41,43,44). The van der Waals surface area contributed by atoms with Gasteiger partial charge in [0, 0.05) is 48.9 Å². The number of nitrogens with one attached hydrogen (secondary N) is 2. The van der Waals surface area contributed by atoms with Gasteiger partial charge in [0.05, 0.1) is 17.8 Å². The minimum Gasteiger partial charge on any atom is -0.481 e. The van der Waals surface area contributed by atoms with Crippen molar-refractivity contribution in [3.05, 3.63) is 90.8 Å². The molecule has 0 saturated carbocycles. The predicted octanol–water partition coefficient (Wildman–Crippen LogP) is 6.35. The molecule has 14 heteroatoms. The van der Waals surface area contributed by atoms with E-state index in [0.29, 0.717) is 45.4 Å². The maximum Gasteiger partial charge on any atom is 0.332 e. The molecule has 2 N–H and O–H groups in total. The Morgan fingerprint density at radius 1 is 1.04 bits per heavy atom. The van der Waals surface area contributed by atoms with Gasteiger partial charge in [-0.3, -0.25) is 13.9 Å². The van der Waals surface area contributed by atoms with Gasteiger partial charge in [0.1, 0.15) is 17.5 Å². The van der Waals surface area contributed by atoms with Crippen molar-refractivity contribution in [3.8, 4) is 28.3 Å². The van der Waals surface area contributed by atoms with Crippen LogP contribution >= 0.6 is 11.6 Å². The molecule has 0 fully saturated rings. The van der Waals surface area contributed by atoms with Crippen LogP contribution < -0.4 is 26.6 Å². The molecule has 50 heavy (non-hydrogen) atoms. The van der Waals surface area contributed by atoms with Gasteiger partial charge in [-0.2, -0.15) is 0 Å². The number of halogens is 3. The van der Waals surface area contributed by atoms with Crippen LogP contribution in [-0.4, -0.2) is 44.0 Å². The van der Waals surface area contributed by atoms with E-state index in [2.05, 4.69) is 26.7 Å². The average molecular weight is 704 g/mol. The number of pyridine rings is 1. The number of carbonyl (C=O) groups excluding carboxylic acids is 1. The predicted molar refractivity (Wildman–Crippen MR) is 189 cm³/mol. The summed E-state index contributed by atoms with van der Waals surface area (Å²) in [6, 6.07) is 13.2. The molecule has 0 radical (unpaired) electrons. The van der Waals surface area contributed by atoms with E-state index < -0.39 is 23.5 Å². The third-order valence-corrected chi connectivity index (χ3v) is 9.56. The number of aromatic nitrogens is 5. The number of nitrogens with zero attached hydrogens (tertiary/aromatic N) is 5. The molecule has 0 saturated heterocycles. The molecule has 1 aliphatic carbocycles. The molecular formula is C36H36ClF2N7O4. The fraction of sp³-hybridized carbons (Fsp3) is 0.333. The smallest absolute Gasteiger partial charge is 0.332 e. The maximum absolute atomic E-state index is 13.9. The lowest BCUT2D eigenvalue weighted by Gasteiger charge is -2.19. The number of aldehydes is 1. The van der Waals surface area contributed by atoms with Gasteiger partial charge in [0.15, 0.2) is 11.5 Å². The van der Waals surface area contributed by atoms with E-state index in [4.69, 9.17) is 21.3 Å². The second-order valence-corrected chi connectivity index (χ2v) is 12.6. The Labute approximate surface area is 291 Å². The summed E-state index contributed by atoms with van der Waals surface area (Å²) in [5.74, 6) is -0.431. The number of hydrogen-bond acceptors (Lipinski definition) is 9. The molecular weight excluding hydrogens is 668 g/mol. The van der Waals surface area contributed by atoms with E-state index in [0.717, 1.165) is 64.3 Å². The first-order chi connectivity index (χ1) is 24.0. The summed E-state index contributed by atoms with van der Waals surface area (Å²) < 4.78 is 35.4. The van der Waals surface area contributed by atoms with Crippen molar-refractivity contribution in [1.82, 2.24) is 29.4 Å². The minimum absolute atomic E-state index is 0.101. The molecule has 5 aromatic rings. The molecule has 0 amide bonds. The van der Waals surface area contributed by atoms with Crippen LogP contribution in [0.5, 0.6) is 5.88 Å². The van der Waals surface area contributed by atoms with Gasteiger partial charge in [0.25, 0.3) is 12.0 Å². The highest BCUT2D eigenvalue weighted by Gasteiger charge is 2.29. The summed E-state index contributed by atoms with van der Waals surface area (Å²) in [6.07, 6.45) is 1.96. The molecule has 3 aromatic heterocycles. The van der Waals surface area contributed by atoms with E-state index in [-0.39, 0.29) is 22.9 Å². The molecule has 0 bridgehead atoms. The number of fused-ring (bicyclic) bond motifs is 2. The quantitative estimate of drug-likeness (QED) is 0.113. The molecule has 0 aliphatic heterocycles. The number of hydrogen-bond donors (Lipinski definition) is 2. The first-order valence-corrected chi connectivity index (χ1v) is 16.6. The lowest BCUT2D eigenvalue weighted by molar-refractivity contribution is -0.107. The van der Waals surface area contributed by atoms with Crippen LogP contribution in [0.2, 0.25) is 5.02 Å². The number of anilines is 2. The Morgan fingerprint density at radius 2 is 1.78 bits per heavy atom. The monoisotopic (exact) mass is 703 g/mol. The topological polar surface area (TPSA) is 133 Å². The fourth-order valence-corrected chi connectivity index (χ4v) is 6.85. The number of unbranched alkanes of at least 4 members (excludes halogenated alkanes) is 2. The van der Waals surface area contributed by atoms with Gasteiger partial charge in [-0.05, 0) is 68.0 Å². The van der Waals surface area contributed by atoms with E-state index in [1.807, 2.05) is 31.2 Å². The third-order valence-electron chi connectivity index (χ3n) is 9.16. The average Bonchev–Trinajstić information content (AvgIpc) is 3.53. The molecule has 0 spiro atoms. The normalized spacial score (nSPS) is 14.0. The van der Waals surface area contributed by atoms with Gasteiger partial charge in [-0.25, -0.2) is 28.5 Å². The van der Waals surface area contributed by atoms with E-state index in [1.54, 1.807) is 19.2 Å². The molecule has 2 aromatic carbocycles. The summed E-state index contributed by atoms with van der Waals surface area (Å²) in [4.78, 5) is 49.1. The summed E-state index contributed by atoms with van der Waals surface area (Å²) in [7, 11) is 4.26. The number of carbonyl (C=O) groups is 1. The zero-order chi connectivity index (χ0) is 35.7. The molecule has 6 rings (SSSR count). The largest absolute Gasteiger partial charge is 0.481 e. The van der Waals surface area contributed by atoms with Crippen molar-refractivity contribution in [1.29, 1.82) is 0 Å².